The number of nitriles is 1. The first-order chi connectivity index (χ1) is 14.6. The SMILES string of the molecule is CC1CCc2c(sc3nc(Sc4ccc(C#N)nn4)n(Cc4ccco4)c(=O)c23)C1. The molecule has 1 atom stereocenters. The van der Waals surface area contributed by atoms with E-state index >= 15 is 0 Å². The Morgan fingerprint density at radius 2 is 2.27 bits per heavy atom. The Morgan fingerprint density at radius 1 is 1.37 bits per heavy atom. The second-order valence-electron chi connectivity index (χ2n) is 7.37. The van der Waals surface area contributed by atoms with Gasteiger partial charge < -0.3 is 4.42 Å². The summed E-state index contributed by atoms with van der Waals surface area (Å²) in [5, 5.41) is 18.7. The van der Waals surface area contributed by atoms with Crippen molar-refractivity contribution in [1.29, 1.82) is 5.26 Å². The highest BCUT2D eigenvalue weighted by Gasteiger charge is 2.25. The Morgan fingerprint density at radius 3 is 3.00 bits per heavy atom. The van der Waals surface area contributed by atoms with Gasteiger partial charge in [0.25, 0.3) is 5.56 Å². The zero-order chi connectivity index (χ0) is 20.7. The molecular weight excluding hydrogens is 418 g/mol. The molecule has 0 spiro atoms. The first-order valence-corrected chi connectivity index (χ1v) is 11.2. The molecule has 0 bridgehead atoms. The van der Waals surface area contributed by atoms with Crippen molar-refractivity contribution in [2.75, 3.05) is 0 Å². The summed E-state index contributed by atoms with van der Waals surface area (Å²) in [6, 6.07) is 8.93. The fourth-order valence-electron chi connectivity index (χ4n) is 3.71. The van der Waals surface area contributed by atoms with Gasteiger partial charge in [0.05, 0.1) is 18.2 Å². The Labute approximate surface area is 180 Å². The molecule has 5 rings (SSSR count). The standard InChI is InChI=1S/C21H17N5O2S2/c1-12-4-6-15-16(9-12)29-19-18(15)20(27)26(11-14-3-2-8-28-14)21(23-19)30-17-7-5-13(10-22)24-25-17/h2-3,5,7-8,12H,4,6,9,11H2,1H3. The maximum Gasteiger partial charge on any atom is 0.263 e. The predicted octanol–water partition coefficient (Wildman–Crippen LogP) is 4.04. The van der Waals surface area contributed by atoms with Crippen LogP contribution in [0, 0.1) is 17.2 Å². The van der Waals surface area contributed by atoms with E-state index in [1.165, 1.54) is 16.6 Å². The second-order valence-corrected chi connectivity index (χ2v) is 9.44. The number of hydrogen-bond acceptors (Lipinski definition) is 8. The monoisotopic (exact) mass is 435 g/mol. The molecule has 1 aliphatic rings. The first kappa shape index (κ1) is 19.0. The number of aromatic nitrogens is 4. The highest BCUT2D eigenvalue weighted by atomic mass is 32.2. The Kier molecular flexibility index (Phi) is 4.89. The summed E-state index contributed by atoms with van der Waals surface area (Å²) in [4.78, 5) is 20.5. The second kappa shape index (κ2) is 7.70. The van der Waals surface area contributed by atoms with Crippen molar-refractivity contribution in [3.8, 4) is 6.07 Å². The molecule has 0 aliphatic heterocycles. The van der Waals surface area contributed by atoms with E-state index in [0.29, 0.717) is 28.4 Å². The largest absolute Gasteiger partial charge is 0.467 e. The number of furan rings is 1. The Bertz CT molecular complexity index is 1320. The quantitative estimate of drug-likeness (QED) is 0.446. The minimum Gasteiger partial charge on any atom is -0.467 e. The lowest BCUT2D eigenvalue weighted by Crippen LogP contribution is -2.24. The van der Waals surface area contributed by atoms with Crippen LogP contribution in [-0.2, 0) is 19.4 Å². The Balaban J connectivity index is 1.65. The number of rotatable bonds is 4. The summed E-state index contributed by atoms with van der Waals surface area (Å²) in [7, 11) is 0. The van der Waals surface area contributed by atoms with E-state index in [-0.39, 0.29) is 11.3 Å². The predicted molar refractivity (Wildman–Crippen MR) is 114 cm³/mol. The molecule has 1 aliphatic carbocycles. The van der Waals surface area contributed by atoms with Crippen molar-refractivity contribution in [3.05, 3.63) is 62.8 Å². The summed E-state index contributed by atoms with van der Waals surface area (Å²) in [5.74, 6) is 1.31. The minimum atomic E-state index is -0.0486. The normalized spacial score (nSPS) is 15.8. The van der Waals surface area contributed by atoms with E-state index in [1.807, 2.05) is 12.1 Å². The van der Waals surface area contributed by atoms with Crippen molar-refractivity contribution in [3.63, 3.8) is 0 Å². The van der Waals surface area contributed by atoms with Gasteiger partial charge >= 0.3 is 0 Å². The third-order valence-electron chi connectivity index (χ3n) is 5.22. The van der Waals surface area contributed by atoms with Crippen molar-refractivity contribution >= 4 is 33.3 Å². The number of fused-ring (bicyclic) bond motifs is 3. The van der Waals surface area contributed by atoms with Gasteiger partial charge in [0.15, 0.2) is 10.9 Å². The van der Waals surface area contributed by atoms with Gasteiger partial charge in [-0.1, -0.05) is 6.92 Å². The van der Waals surface area contributed by atoms with Gasteiger partial charge in [0.2, 0.25) is 0 Å². The fraction of sp³-hybridized carbons (Fsp3) is 0.286. The van der Waals surface area contributed by atoms with Crippen LogP contribution in [0.3, 0.4) is 0 Å². The van der Waals surface area contributed by atoms with Crippen LogP contribution < -0.4 is 5.56 Å². The summed E-state index contributed by atoms with van der Waals surface area (Å²) in [6.07, 6.45) is 4.60. The van der Waals surface area contributed by atoms with E-state index in [2.05, 4.69) is 17.1 Å². The van der Waals surface area contributed by atoms with Crippen LogP contribution in [-0.4, -0.2) is 19.7 Å². The van der Waals surface area contributed by atoms with E-state index in [1.54, 1.807) is 40.4 Å². The third kappa shape index (κ3) is 3.42. The highest BCUT2D eigenvalue weighted by molar-refractivity contribution is 7.99. The molecule has 1 unspecified atom stereocenters. The van der Waals surface area contributed by atoms with Crippen LogP contribution in [0.25, 0.3) is 10.2 Å². The van der Waals surface area contributed by atoms with Gasteiger partial charge in [-0.2, -0.15) is 5.26 Å². The van der Waals surface area contributed by atoms with Gasteiger partial charge in [-0.15, -0.1) is 21.5 Å². The van der Waals surface area contributed by atoms with Crippen molar-refractivity contribution < 1.29 is 4.42 Å². The highest BCUT2D eigenvalue weighted by Crippen LogP contribution is 2.37. The van der Waals surface area contributed by atoms with Crippen LogP contribution in [0.15, 0.2) is 49.9 Å². The molecule has 0 amide bonds. The zero-order valence-corrected chi connectivity index (χ0v) is 17.8. The molecule has 0 saturated carbocycles. The van der Waals surface area contributed by atoms with E-state index in [9.17, 15) is 4.79 Å². The van der Waals surface area contributed by atoms with Crippen LogP contribution >= 0.6 is 23.1 Å². The topological polar surface area (TPSA) is 97.6 Å². The molecule has 0 aromatic carbocycles. The minimum absolute atomic E-state index is 0.0486. The molecule has 0 N–H and O–H groups in total. The summed E-state index contributed by atoms with van der Waals surface area (Å²) in [5.41, 5.74) is 1.36. The molecule has 4 aromatic rings. The van der Waals surface area contributed by atoms with E-state index in [0.717, 1.165) is 35.0 Å². The average Bonchev–Trinajstić information content (AvgIpc) is 3.38. The van der Waals surface area contributed by atoms with E-state index < -0.39 is 0 Å². The average molecular weight is 436 g/mol. The van der Waals surface area contributed by atoms with Crippen molar-refractivity contribution in [2.45, 2.75) is 42.9 Å². The number of hydrogen-bond donors (Lipinski definition) is 0. The lowest BCUT2D eigenvalue weighted by atomic mass is 9.89. The van der Waals surface area contributed by atoms with E-state index in [4.69, 9.17) is 14.7 Å². The van der Waals surface area contributed by atoms with Gasteiger partial charge in [-0.25, -0.2) is 4.98 Å². The van der Waals surface area contributed by atoms with Crippen LogP contribution in [0.1, 0.15) is 35.2 Å². The molecule has 0 saturated heterocycles. The Hall–Kier alpha value is -2.96. The molecule has 7 nitrogen and oxygen atoms in total. The smallest absolute Gasteiger partial charge is 0.263 e. The fourth-order valence-corrected chi connectivity index (χ4v) is 5.94. The van der Waals surface area contributed by atoms with Crippen LogP contribution in [0.4, 0.5) is 0 Å². The lowest BCUT2D eigenvalue weighted by Gasteiger charge is -2.17. The molecular formula is C21H17N5O2S2. The summed E-state index contributed by atoms with van der Waals surface area (Å²) in [6.45, 7) is 2.54. The summed E-state index contributed by atoms with van der Waals surface area (Å²) >= 11 is 2.89. The van der Waals surface area contributed by atoms with Crippen molar-refractivity contribution in [2.24, 2.45) is 5.92 Å². The maximum absolute atomic E-state index is 13.6. The van der Waals surface area contributed by atoms with Gasteiger partial charge in [0, 0.05) is 4.88 Å². The van der Waals surface area contributed by atoms with Crippen molar-refractivity contribution in [1.82, 2.24) is 19.7 Å². The summed E-state index contributed by atoms with van der Waals surface area (Å²) < 4.78 is 7.14. The van der Waals surface area contributed by atoms with Crippen LogP contribution in [0.2, 0.25) is 0 Å². The molecule has 9 heteroatoms. The molecule has 0 fully saturated rings. The molecule has 150 valence electrons. The third-order valence-corrected chi connectivity index (χ3v) is 7.29. The lowest BCUT2D eigenvalue weighted by molar-refractivity contribution is 0.476. The molecule has 4 aromatic heterocycles. The molecule has 4 heterocycles. The number of aryl methyl sites for hydroxylation is 1. The number of thiophene rings is 1. The maximum atomic E-state index is 13.6. The van der Waals surface area contributed by atoms with Gasteiger partial charge in [-0.05, 0) is 66.8 Å². The molecule has 30 heavy (non-hydrogen) atoms. The first-order valence-electron chi connectivity index (χ1n) is 9.61. The van der Waals surface area contributed by atoms with Gasteiger partial charge in [-0.3, -0.25) is 9.36 Å². The zero-order valence-electron chi connectivity index (χ0n) is 16.2. The molecule has 0 radical (unpaired) electrons. The van der Waals surface area contributed by atoms with Crippen LogP contribution in [0.5, 0.6) is 0 Å². The number of nitrogens with zero attached hydrogens (tertiary/aromatic N) is 5. The van der Waals surface area contributed by atoms with Gasteiger partial charge in [0.1, 0.15) is 21.7 Å².